The highest BCUT2D eigenvalue weighted by Crippen LogP contribution is 2.32. The molecule has 0 bridgehead atoms. The van der Waals surface area contributed by atoms with E-state index in [-0.39, 0.29) is 17.9 Å². The Morgan fingerprint density at radius 3 is 2.84 bits per heavy atom. The summed E-state index contributed by atoms with van der Waals surface area (Å²) in [5.41, 5.74) is 1.67. The predicted molar refractivity (Wildman–Crippen MR) is 97.3 cm³/mol. The fourth-order valence-corrected chi connectivity index (χ4v) is 4.16. The zero-order valence-corrected chi connectivity index (χ0v) is 15.8. The van der Waals surface area contributed by atoms with Crippen LogP contribution in [0.4, 0.5) is 0 Å². The van der Waals surface area contributed by atoms with Crippen molar-refractivity contribution < 1.29 is 9.59 Å². The second kappa shape index (κ2) is 7.39. The van der Waals surface area contributed by atoms with Crippen molar-refractivity contribution in [3.05, 3.63) is 40.1 Å². The molecule has 134 valence electrons. The van der Waals surface area contributed by atoms with E-state index in [2.05, 4.69) is 4.98 Å². The van der Waals surface area contributed by atoms with Crippen LogP contribution in [0.1, 0.15) is 53.4 Å². The Morgan fingerprint density at radius 2 is 2.16 bits per heavy atom. The number of thiazole rings is 1. The van der Waals surface area contributed by atoms with Crippen LogP contribution in [0.15, 0.2) is 23.7 Å². The van der Waals surface area contributed by atoms with Crippen molar-refractivity contribution >= 4 is 23.2 Å². The second-order valence-electron chi connectivity index (χ2n) is 6.51. The highest BCUT2D eigenvalue weighted by molar-refractivity contribution is 7.09. The first-order valence-corrected chi connectivity index (χ1v) is 9.43. The number of nitrogens with zero attached hydrogens (tertiary/aromatic N) is 4. The number of hydrogen-bond donors (Lipinski definition) is 0. The zero-order valence-electron chi connectivity index (χ0n) is 14.9. The fraction of sp³-hybridized carbons (Fsp3) is 0.500. The van der Waals surface area contributed by atoms with Gasteiger partial charge < -0.3 is 14.4 Å². The second-order valence-corrected chi connectivity index (χ2v) is 7.49. The van der Waals surface area contributed by atoms with Crippen molar-refractivity contribution in [3.63, 3.8) is 0 Å². The molecule has 0 aromatic carbocycles. The summed E-state index contributed by atoms with van der Waals surface area (Å²) in [4.78, 5) is 32.6. The summed E-state index contributed by atoms with van der Waals surface area (Å²) in [6.45, 7) is 2.91. The van der Waals surface area contributed by atoms with Crippen LogP contribution in [0.3, 0.4) is 0 Å². The van der Waals surface area contributed by atoms with Gasteiger partial charge in [0.15, 0.2) is 0 Å². The molecule has 0 aliphatic carbocycles. The molecule has 1 aliphatic heterocycles. The van der Waals surface area contributed by atoms with Crippen LogP contribution < -0.4 is 0 Å². The molecule has 2 aromatic heterocycles. The lowest BCUT2D eigenvalue weighted by Gasteiger charge is -2.35. The minimum atomic E-state index is -0.0332. The Kier molecular flexibility index (Phi) is 5.22. The van der Waals surface area contributed by atoms with Crippen molar-refractivity contribution in [2.75, 3.05) is 13.6 Å². The molecule has 1 aliphatic rings. The smallest absolute Gasteiger partial charge is 0.270 e. The van der Waals surface area contributed by atoms with Crippen LogP contribution >= 0.6 is 11.3 Å². The Labute approximate surface area is 152 Å². The maximum Gasteiger partial charge on any atom is 0.270 e. The summed E-state index contributed by atoms with van der Waals surface area (Å²) < 4.78 is 1.94. The van der Waals surface area contributed by atoms with Crippen molar-refractivity contribution in [1.29, 1.82) is 0 Å². The molecule has 2 aromatic rings. The van der Waals surface area contributed by atoms with Crippen molar-refractivity contribution in [3.8, 4) is 0 Å². The van der Waals surface area contributed by atoms with Crippen LogP contribution in [0, 0.1) is 0 Å². The highest BCUT2D eigenvalue weighted by Gasteiger charge is 2.29. The summed E-state index contributed by atoms with van der Waals surface area (Å²) in [6, 6.07) is 3.90. The molecule has 1 saturated heterocycles. The molecule has 6 nitrogen and oxygen atoms in total. The summed E-state index contributed by atoms with van der Waals surface area (Å²) in [5.74, 6) is 0.0637. The minimum absolute atomic E-state index is 0.0332. The molecule has 2 amide bonds. The van der Waals surface area contributed by atoms with Crippen LogP contribution in [-0.4, -0.2) is 44.8 Å². The number of rotatable bonds is 4. The average molecular weight is 360 g/mol. The Morgan fingerprint density at radius 1 is 1.36 bits per heavy atom. The molecule has 0 saturated carbocycles. The largest absolute Gasteiger partial charge is 0.342 e. The third-order valence-electron chi connectivity index (χ3n) is 4.83. The van der Waals surface area contributed by atoms with Gasteiger partial charge in [0.05, 0.1) is 12.6 Å². The number of likely N-dealkylation sites (tertiary alicyclic amines) is 1. The number of piperidine rings is 1. The summed E-state index contributed by atoms with van der Waals surface area (Å²) >= 11 is 1.54. The standard InChI is InChI=1S/C18H24N4O2S/c1-13(23)22-10-5-4-6-15(22)14-7-8-16(21(14)3)18(24)20(2)12-17-19-9-11-25-17/h7-9,11,15H,4-6,10,12H2,1-3H3/t15-/m1/s1. The maximum atomic E-state index is 12.8. The van der Waals surface area contributed by atoms with Gasteiger partial charge in [0.2, 0.25) is 5.91 Å². The molecule has 1 atom stereocenters. The lowest BCUT2D eigenvalue weighted by Crippen LogP contribution is -2.38. The molecule has 3 heterocycles. The van der Waals surface area contributed by atoms with E-state index >= 15 is 0 Å². The Bertz CT molecular complexity index is 753. The van der Waals surface area contributed by atoms with Crippen LogP contribution in [0.25, 0.3) is 0 Å². The minimum Gasteiger partial charge on any atom is -0.342 e. The quantitative estimate of drug-likeness (QED) is 0.842. The van der Waals surface area contributed by atoms with Gasteiger partial charge in [-0.1, -0.05) is 0 Å². The van der Waals surface area contributed by atoms with Gasteiger partial charge in [-0.2, -0.15) is 0 Å². The van der Waals surface area contributed by atoms with E-state index in [4.69, 9.17) is 0 Å². The number of hydrogen-bond acceptors (Lipinski definition) is 4. The topological polar surface area (TPSA) is 58.4 Å². The summed E-state index contributed by atoms with van der Waals surface area (Å²) in [5, 5.41) is 2.83. The van der Waals surface area contributed by atoms with Gasteiger partial charge in [0.25, 0.3) is 5.91 Å². The van der Waals surface area contributed by atoms with E-state index in [0.717, 1.165) is 36.5 Å². The molecule has 25 heavy (non-hydrogen) atoms. The molecular formula is C18H24N4O2S. The van der Waals surface area contributed by atoms with Crippen LogP contribution in [0.2, 0.25) is 0 Å². The first-order valence-electron chi connectivity index (χ1n) is 8.55. The molecule has 0 N–H and O–H groups in total. The normalized spacial score (nSPS) is 17.6. The van der Waals surface area contributed by atoms with Crippen molar-refractivity contribution in [2.45, 2.75) is 38.8 Å². The summed E-state index contributed by atoms with van der Waals surface area (Å²) in [6.07, 6.45) is 4.84. The Hall–Kier alpha value is -2.15. The molecular weight excluding hydrogens is 336 g/mol. The predicted octanol–water partition coefficient (Wildman–Crippen LogP) is 2.83. The molecule has 3 rings (SSSR count). The van der Waals surface area contributed by atoms with Crippen LogP contribution in [-0.2, 0) is 18.4 Å². The zero-order chi connectivity index (χ0) is 18.0. The van der Waals surface area contributed by atoms with Gasteiger partial charge in [-0.15, -0.1) is 11.3 Å². The Balaban J connectivity index is 1.80. The summed E-state index contributed by atoms with van der Waals surface area (Å²) in [7, 11) is 3.70. The average Bonchev–Trinajstić information content (AvgIpc) is 3.23. The van der Waals surface area contributed by atoms with Gasteiger partial charge >= 0.3 is 0 Å². The SMILES string of the molecule is CC(=O)N1CCCC[C@@H]1c1ccc(C(=O)N(C)Cc2nccs2)n1C. The number of carbonyl (C=O) groups excluding carboxylic acids is 2. The van der Waals surface area contributed by atoms with Gasteiger partial charge in [0, 0.05) is 44.8 Å². The van der Waals surface area contributed by atoms with E-state index in [1.165, 1.54) is 0 Å². The first-order chi connectivity index (χ1) is 12.0. The van der Waals surface area contributed by atoms with Crippen molar-refractivity contribution in [1.82, 2.24) is 19.4 Å². The van der Waals surface area contributed by atoms with E-state index < -0.39 is 0 Å². The molecule has 0 radical (unpaired) electrons. The highest BCUT2D eigenvalue weighted by atomic mass is 32.1. The molecule has 1 fully saturated rings. The lowest BCUT2D eigenvalue weighted by atomic mass is 9.99. The molecule has 7 heteroatoms. The van der Waals surface area contributed by atoms with Gasteiger partial charge in [-0.25, -0.2) is 4.98 Å². The lowest BCUT2D eigenvalue weighted by molar-refractivity contribution is -0.132. The first kappa shape index (κ1) is 17.7. The monoisotopic (exact) mass is 360 g/mol. The maximum absolute atomic E-state index is 12.8. The van der Waals surface area contributed by atoms with Gasteiger partial charge in [0.1, 0.15) is 10.7 Å². The van der Waals surface area contributed by atoms with Crippen LogP contribution in [0.5, 0.6) is 0 Å². The fourth-order valence-electron chi connectivity index (χ4n) is 3.49. The van der Waals surface area contributed by atoms with E-state index in [1.807, 2.05) is 34.0 Å². The molecule has 0 spiro atoms. The van der Waals surface area contributed by atoms with E-state index in [0.29, 0.717) is 12.2 Å². The molecule has 0 unspecified atom stereocenters. The number of carbonyl (C=O) groups is 2. The number of aromatic nitrogens is 2. The van der Waals surface area contributed by atoms with Crippen molar-refractivity contribution in [2.24, 2.45) is 7.05 Å². The third kappa shape index (κ3) is 3.61. The van der Waals surface area contributed by atoms with Gasteiger partial charge in [-0.05, 0) is 31.4 Å². The third-order valence-corrected chi connectivity index (χ3v) is 5.60. The van der Waals surface area contributed by atoms with Gasteiger partial charge in [-0.3, -0.25) is 9.59 Å². The van der Waals surface area contributed by atoms with E-state index in [1.54, 1.807) is 36.4 Å². The number of amides is 2. The van der Waals surface area contributed by atoms with E-state index in [9.17, 15) is 9.59 Å².